The number of ether oxygens (including phenoxy) is 1. The zero-order chi connectivity index (χ0) is 20.8. The molecule has 0 N–H and O–H groups in total. The molecule has 150 valence electrons. The molecule has 3 rings (SSSR count). The molecule has 0 aromatic heterocycles. The highest BCUT2D eigenvalue weighted by molar-refractivity contribution is 8.18. The third-order valence-electron chi connectivity index (χ3n) is 4.20. The van der Waals surface area contributed by atoms with Crippen molar-refractivity contribution >= 4 is 52.3 Å². The van der Waals surface area contributed by atoms with Gasteiger partial charge in [0.05, 0.1) is 22.8 Å². The van der Waals surface area contributed by atoms with Gasteiger partial charge in [-0.3, -0.25) is 9.69 Å². The van der Waals surface area contributed by atoms with Crippen LogP contribution in [0.15, 0.2) is 63.3 Å². The first-order valence-corrected chi connectivity index (χ1v) is 11.3. The summed E-state index contributed by atoms with van der Waals surface area (Å²) < 4.78 is 5.04. The third-order valence-corrected chi connectivity index (χ3v) is 5.95. The fourth-order valence-electron chi connectivity index (χ4n) is 2.75. The van der Waals surface area contributed by atoms with Crippen molar-refractivity contribution in [1.29, 1.82) is 0 Å². The summed E-state index contributed by atoms with van der Waals surface area (Å²) in [5, 5.41) is 0.602. The lowest BCUT2D eigenvalue weighted by atomic mass is 10.2. The second-order valence-electron chi connectivity index (χ2n) is 6.10. The molecule has 29 heavy (non-hydrogen) atoms. The van der Waals surface area contributed by atoms with Crippen LogP contribution in [0, 0.1) is 0 Å². The van der Waals surface area contributed by atoms with Crippen molar-refractivity contribution in [1.82, 2.24) is 4.90 Å². The van der Waals surface area contributed by atoms with Gasteiger partial charge in [0.2, 0.25) is 0 Å². The Morgan fingerprint density at radius 2 is 1.97 bits per heavy atom. The van der Waals surface area contributed by atoms with Gasteiger partial charge in [-0.2, -0.15) is 0 Å². The highest BCUT2D eigenvalue weighted by Crippen LogP contribution is 2.34. The molecule has 7 heteroatoms. The lowest BCUT2D eigenvalue weighted by Crippen LogP contribution is -2.28. The molecule has 1 heterocycles. The number of amidine groups is 1. The zero-order valence-electron chi connectivity index (χ0n) is 16.5. The molecule has 0 unspecified atom stereocenters. The first-order valence-electron chi connectivity index (χ1n) is 9.27. The van der Waals surface area contributed by atoms with E-state index in [0.29, 0.717) is 34.5 Å². The lowest BCUT2D eigenvalue weighted by molar-refractivity contribution is -0.122. The monoisotopic (exact) mass is 426 g/mol. The van der Waals surface area contributed by atoms with E-state index in [0.717, 1.165) is 5.56 Å². The standard InChI is InChI=1S/C22H22N2O3S2/c1-4-24-20(25)19(13-15-9-11-18(28-3)12-10-15)29-22(24)23-17-8-6-7-16(14-17)21(26)27-5-2/h6-14H,4-5H2,1-3H3. The highest BCUT2D eigenvalue weighted by atomic mass is 32.2. The Labute approximate surface area is 179 Å². The molecule has 1 amide bonds. The van der Waals surface area contributed by atoms with Gasteiger partial charge in [-0.1, -0.05) is 18.2 Å². The smallest absolute Gasteiger partial charge is 0.338 e. The number of hydrogen-bond donors (Lipinski definition) is 0. The predicted molar refractivity (Wildman–Crippen MR) is 121 cm³/mol. The van der Waals surface area contributed by atoms with Gasteiger partial charge in [0.15, 0.2) is 5.17 Å². The van der Waals surface area contributed by atoms with E-state index in [1.54, 1.807) is 47.9 Å². The van der Waals surface area contributed by atoms with Crippen LogP contribution in [0.1, 0.15) is 29.8 Å². The quantitative estimate of drug-likeness (QED) is 0.361. The van der Waals surface area contributed by atoms with Crippen LogP contribution in [0.25, 0.3) is 6.08 Å². The van der Waals surface area contributed by atoms with E-state index in [-0.39, 0.29) is 11.9 Å². The largest absolute Gasteiger partial charge is 0.462 e. The van der Waals surface area contributed by atoms with Gasteiger partial charge in [0, 0.05) is 11.4 Å². The molecular formula is C22H22N2O3S2. The van der Waals surface area contributed by atoms with Crippen molar-refractivity contribution in [2.45, 2.75) is 18.7 Å². The molecule has 1 fully saturated rings. The molecular weight excluding hydrogens is 404 g/mol. The summed E-state index contributed by atoms with van der Waals surface area (Å²) in [5.74, 6) is -0.446. The zero-order valence-corrected chi connectivity index (χ0v) is 18.2. The van der Waals surface area contributed by atoms with E-state index in [1.807, 2.05) is 43.5 Å². The van der Waals surface area contributed by atoms with Crippen LogP contribution >= 0.6 is 23.5 Å². The van der Waals surface area contributed by atoms with Crippen LogP contribution in [0.4, 0.5) is 5.69 Å². The first kappa shape index (κ1) is 21.2. The first-order chi connectivity index (χ1) is 14.0. The number of thioether (sulfide) groups is 2. The maximum absolute atomic E-state index is 12.8. The second kappa shape index (κ2) is 9.80. The molecule has 0 spiro atoms. The maximum Gasteiger partial charge on any atom is 0.338 e. The molecule has 0 radical (unpaired) electrons. The number of rotatable bonds is 6. The second-order valence-corrected chi connectivity index (χ2v) is 7.99. The summed E-state index contributed by atoms with van der Waals surface area (Å²) in [6.07, 6.45) is 3.92. The van der Waals surface area contributed by atoms with Crippen molar-refractivity contribution in [3.63, 3.8) is 0 Å². The van der Waals surface area contributed by atoms with E-state index in [4.69, 9.17) is 4.74 Å². The summed E-state index contributed by atoms with van der Waals surface area (Å²) in [7, 11) is 0. The van der Waals surface area contributed by atoms with Crippen molar-refractivity contribution in [2.75, 3.05) is 19.4 Å². The molecule has 1 saturated heterocycles. The number of nitrogens with zero attached hydrogens (tertiary/aromatic N) is 2. The number of carbonyl (C=O) groups is 2. The Morgan fingerprint density at radius 3 is 2.62 bits per heavy atom. The van der Waals surface area contributed by atoms with Crippen molar-refractivity contribution in [2.24, 2.45) is 4.99 Å². The molecule has 0 bridgehead atoms. The molecule has 0 aliphatic carbocycles. The molecule has 2 aromatic carbocycles. The van der Waals surface area contributed by atoms with Gasteiger partial charge in [-0.25, -0.2) is 9.79 Å². The Bertz CT molecular complexity index is 968. The number of hydrogen-bond acceptors (Lipinski definition) is 6. The molecule has 1 aliphatic heterocycles. The van der Waals surface area contributed by atoms with E-state index in [9.17, 15) is 9.59 Å². The average molecular weight is 427 g/mol. The van der Waals surface area contributed by atoms with E-state index >= 15 is 0 Å². The van der Waals surface area contributed by atoms with E-state index < -0.39 is 0 Å². The fourth-order valence-corrected chi connectivity index (χ4v) is 4.22. The molecule has 0 atom stereocenters. The van der Waals surface area contributed by atoms with Crippen LogP contribution in [0.5, 0.6) is 0 Å². The summed E-state index contributed by atoms with van der Waals surface area (Å²) in [6.45, 7) is 4.52. The predicted octanol–water partition coefficient (Wildman–Crippen LogP) is 5.21. The van der Waals surface area contributed by atoms with Crippen LogP contribution in [-0.2, 0) is 9.53 Å². The number of benzene rings is 2. The fraction of sp³-hybridized carbons (Fsp3) is 0.227. The van der Waals surface area contributed by atoms with Crippen molar-refractivity contribution in [3.8, 4) is 0 Å². The molecule has 0 saturated carbocycles. The van der Waals surface area contributed by atoms with Gasteiger partial charge in [-0.15, -0.1) is 11.8 Å². The Hall–Kier alpha value is -2.51. The summed E-state index contributed by atoms with van der Waals surface area (Å²) in [5.41, 5.74) is 2.02. The lowest BCUT2D eigenvalue weighted by Gasteiger charge is -2.12. The number of likely N-dealkylation sites (N-methyl/N-ethyl adjacent to an activating group) is 1. The summed E-state index contributed by atoms with van der Waals surface area (Å²) >= 11 is 3.02. The van der Waals surface area contributed by atoms with Crippen LogP contribution < -0.4 is 0 Å². The van der Waals surface area contributed by atoms with Crippen molar-refractivity contribution in [3.05, 3.63) is 64.6 Å². The average Bonchev–Trinajstić information content (AvgIpc) is 3.03. The van der Waals surface area contributed by atoms with E-state index in [2.05, 4.69) is 4.99 Å². The minimum atomic E-state index is -0.383. The Kier molecular flexibility index (Phi) is 7.17. The van der Waals surface area contributed by atoms with Gasteiger partial charge in [0.1, 0.15) is 0 Å². The molecule has 2 aromatic rings. The SMILES string of the molecule is CCOC(=O)c1cccc(N=C2SC(=Cc3ccc(SC)cc3)C(=O)N2CC)c1. The topological polar surface area (TPSA) is 59.0 Å². The summed E-state index contributed by atoms with van der Waals surface area (Å²) in [6, 6.07) is 15.0. The van der Waals surface area contributed by atoms with Crippen molar-refractivity contribution < 1.29 is 14.3 Å². The third kappa shape index (κ3) is 5.10. The van der Waals surface area contributed by atoms with Gasteiger partial charge >= 0.3 is 5.97 Å². The summed E-state index contributed by atoms with van der Waals surface area (Å²) in [4.78, 5) is 32.8. The van der Waals surface area contributed by atoms with Gasteiger partial charge in [-0.05, 0) is 73.8 Å². The number of carbonyl (C=O) groups excluding carboxylic acids is 2. The highest BCUT2D eigenvalue weighted by Gasteiger charge is 2.32. The Balaban J connectivity index is 1.87. The van der Waals surface area contributed by atoms with E-state index in [1.165, 1.54) is 16.7 Å². The Morgan fingerprint density at radius 1 is 1.21 bits per heavy atom. The van der Waals surface area contributed by atoms with Crippen LogP contribution in [0.3, 0.4) is 0 Å². The normalized spacial score (nSPS) is 16.7. The number of aliphatic imine (C=N–C) groups is 1. The molecule has 1 aliphatic rings. The molecule has 5 nitrogen and oxygen atoms in total. The maximum atomic E-state index is 12.8. The van der Waals surface area contributed by atoms with Gasteiger partial charge in [0.25, 0.3) is 5.91 Å². The van der Waals surface area contributed by atoms with Crippen LogP contribution in [-0.4, -0.2) is 41.4 Å². The van der Waals surface area contributed by atoms with Crippen LogP contribution in [0.2, 0.25) is 0 Å². The number of esters is 1. The van der Waals surface area contributed by atoms with Gasteiger partial charge < -0.3 is 4.74 Å². The minimum Gasteiger partial charge on any atom is -0.462 e. The number of amides is 1. The minimum absolute atomic E-state index is 0.0632.